The predicted molar refractivity (Wildman–Crippen MR) is 74.7 cm³/mol. The second-order valence-corrected chi connectivity index (χ2v) is 6.70. The van der Waals surface area contributed by atoms with Crippen molar-refractivity contribution < 1.29 is 8.42 Å². The van der Waals surface area contributed by atoms with Crippen LogP contribution in [-0.4, -0.2) is 18.0 Å². The quantitative estimate of drug-likeness (QED) is 0.744. The molecule has 0 saturated heterocycles. The van der Waals surface area contributed by atoms with Gasteiger partial charge in [-0.1, -0.05) is 40.9 Å². The first-order chi connectivity index (χ1) is 9.17. The molecule has 96 valence electrons. The Hall–Kier alpha value is -1.79. The number of benzene rings is 2. The minimum absolute atomic E-state index is 0.114. The van der Waals surface area contributed by atoms with Crippen molar-refractivity contribution in [2.45, 2.75) is 10.6 Å². The van der Waals surface area contributed by atoms with E-state index in [1.807, 2.05) is 30.3 Å². The monoisotopic (exact) mass is 290 g/mol. The highest BCUT2D eigenvalue weighted by Crippen LogP contribution is 2.25. The highest BCUT2D eigenvalue weighted by atomic mass is 32.2. The lowest BCUT2D eigenvalue weighted by atomic mass is 10.1. The van der Waals surface area contributed by atoms with Gasteiger partial charge in [-0.25, -0.2) is 8.42 Å². The maximum absolute atomic E-state index is 12.5. The van der Waals surface area contributed by atoms with Crippen LogP contribution in [0.1, 0.15) is 5.69 Å². The number of fused-ring (bicyclic) bond motifs is 1. The van der Waals surface area contributed by atoms with Crippen LogP contribution in [0.25, 0.3) is 10.8 Å². The van der Waals surface area contributed by atoms with E-state index in [4.69, 9.17) is 0 Å². The lowest BCUT2D eigenvalue weighted by molar-refractivity contribution is 0.595. The van der Waals surface area contributed by atoms with Crippen molar-refractivity contribution in [3.63, 3.8) is 0 Å². The number of aromatic nitrogens is 2. The van der Waals surface area contributed by atoms with Gasteiger partial charge in [0.2, 0.25) is 0 Å². The van der Waals surface area contributed by atoms with Crippen molar-refractivity contribution in [3.8, 4) is 0 Å². The Labute approximate surface area is 114 Å². The van der Waals surface area contributed by atoms with Crippen LogP contribution in [0.5, 0.6) is 0 Å². The molecule has 0 unspecified atom stereocenters. The summed E-state index contributed by atoms with van der Waals surface area (Å²) in [7, 11) is -3.41. The standard InChI is InChI=1S/C13H10N2O2S2/c16-19(17,9-11-8-18-15-14-11)13-7-3-5-10-4-1-2-6-12(10)13/h1-8H,9H2. The van der Waals surface area contributed by atoms with Gasteiger partial charge in [0.25, 0.3) is 0 Å². The summed E-state index contributed by atoms with van der Waals surface area (Å²) < 4.78 is 28.6. The highest BCUT2D eigenvalue weighted by Gasteiger charge is 2.19. The zero-order valence-corrected chi connectivity index (χ0v) is 11.5. The van der Waals surface area contributed by atoms with E-state index in [0.29, 0.717) is 10.6 Å². The lowest BCUT2D eigenvalue weighted by Crippen LogP contribution is -2.06. The van der Waals surface area contributed by atoms with Crippen molar-refractivity contribution >= 4 is 32.1 Å². The molecule has 1 aromatic heterocycles. The van der Waals surface area contributed by atoms with Crippen LogP contribution in [0.4, 0.5) is 0 Å². The lowest BCUT2D eigenvalue weighted by Gasteiger charge is -2.06. The van der Waals surface area contributed by atoms with E-state index < -0.39 is 9.84 Å². The Bertz CT molecular complexity index is 806. The summed E-state index contributed by atoms with van der Waals surface area (Å²) in [4.78, 5) is 0.346. The van der Waals surface area contributed by atoms with Gasteiger partial charge >= 0.3 is 0 Å². The van der Waals surface area contributed by atoms with E-state index in [9.17, 15) is 8.42 Å². The summed E-state index contributed by atoms with van der Waals surface area (Å²) in [5.74, 6) is -0.114. The van der Waals surface area contributed by atoms with E-state index in [-0.39, 0.29) is 5.75 Å². The predicted octanol–water partition coefficient (Wildman–Crippen LogP) is 2.67. The first-order valence-corrected chi connectivity index (χ1v) is 8.12. The molecule has 6 heteroatoms. The van der Waals surface area contributed by atoms with Gasteiger partial charge in [-0.3, -0.25) is 0 Å². The molecule has 0 spiro atoms. The van der Waals surface area contributed by atoms with E-state index in [0.717, 1.165) is 22.3 Å². The molecule has 3 rings (SSSR count). The van der Waals surface area contributed by atoms with E-state index in [1.165, 1.54) is 0 Å². The van der Waals surface area contributed by atoms with Crippen LogP contribution in [0.3, 0.4) is 0 Å². The smallest absolute Gasteiger partial charge is 0.184 e. The number of sulfone groups is 1. The molecule has 1 heterocycles. The average Bonchev–Trinajstić information content (AvgIpc) is 2.90. The Kier molecular flexibility index (Phi) is 3.04. The Morgan fingerprint density at radius 2 is 1.84 bits per heavy atom. The summed E-state index contributed by atoms with van der Waals surface area (Å²) in [6.07, 6.45) is 0. The summed E-state index contributed by atoms with van der Waals surface area (Å²) >= 11 is 1.15. The fraction of sp³-hybridized carbons (Fsp3) is 0.0769. The molecule has 0 amide bonds. The van der Waals surface area contributed by atoms with Crippen LogP contribution in [0.15, 0.2) is 52.7 Å². The molecule has 4 nitrogen and oxygen atoms in total. The fourth-order valence-electron chi connectivity index (χ4n) is 1.99. The number of hydrogen-bond donors (Lipinski definition) is 0. The Balaban J connectivity index is 2.13. The van der Waals surface area contributed by atoms with Crippen molar-refractivity contribution in [1.29, 1.82) is 0 Å². The maximum Gasteiger partial charge on any atom is 0.184 e. The molecule has 2 aromatic carbocycles. The first-order valence-electron chi connectivity index (χ1n) is 5.63. The van der Waals surface area contributed by atoms with E-state index in [2.05, 4.69) is 9.59 Å². The molecule has 0 radical (unpaired) electrons. The molecule has 19 heavy (non-hydrogen) atoms. The molecule has 0 aliphatic carbocycles. The molecular formula is C13H10N2O2S2. The van der Waals surface area contributed by atoms with Gasteiger partial charge in [-0.2, -0.15) is 0 Å². The van der Waals surface area contributed by atoms with Crippen molar-refractivity contribution in [2.75, 3.05) is 0 Å². The van der Waals surface area contributed by atoms with Crippen molar-refractivity contribution in [1.82, 2.24) is 9.59 Å². The summed E-state index contributed by atoms with van der Waals surface area (Å²) in [5.41, 5.74) is 0.484. The third-order valence-corrected chi connectivity index (χ3v) is 5.08. The van der Waals surface area contributed by atoms with E-state index >= 15 is 0 Å². The maximum atomic E-state index is 12.5. The molecular weight excluding hydrogens is 280 g/mol. The second kappa shape index (κ2) is 4.71. The van der Waals surface area contributed by atoms with Gasteiger partial charge in [0.15, 0.2) is 9.84 Å². The molecule has 0 bridgehead atoms. The number of nitrogens with zero attached hydrogens (tertiary/aromatic N) is 2. The molecule has 0 aliphatic heterocycles. The Morgan fingerprint density at radius 3 is 2.63 bits per heavy atom. The van der Waals surface area contributed by atoms with Gasteiger partial charge in [-0.15, -0.1) is 5.10 Å². The zero-order valence-electron chi connectivity index (χ0n) is 9.85. The van der Waals surface area contributed by atoms with Gasteiger partial charge in [0, 0.05) is 10.8 Å². The number of hydrogen-bond acceptors (Lipinski definition) is 5. The third-order valence-electron chi connectivity index (χ3n) is 2.83. The molecule has 0 saturated carbocycles. The molecule has 0 fully saturated rings. The molecule has 3 aromatic rings. The summed E-state index contributed by atoms with van der Waals surface area (Å²) in [6.45, 7) is 0. The molecule has 0 N–H and O–H groups in total. The fourth-order valence-corrected chi connectivity index (χ4v) is 4.04. The van der Waals surface area contributed by atoms with E-state index in [1.54, 1.807) is 17.5 Å². The molecule has 0 atom stereocenters. The summed E-state index contributed by atoms with van der Waals surface area (Å²) in [5, 5.41) is 7.11. The molecule has 0 aliphatic rings. The van der Waals surface area contributed by atoms with Gasteiger partial charge < -0.3 is 0 Å². The first kappa shape index (κ1) is 12.3. The minimum Gasteiger partial charge on any atom is -0.223 e. The third kappa shape index (κ3) is 2.36. The largest absolute Gasteiger partial charge is 0.223 e. The van der Waals surface area contributed by atoms with Crippen molar-refractivity contribution in [2.24, 2.45) is 0 Å². The van der Waals surface area contributed by atoms with Gasteiger partial charge in [0.05, 0.1) is 16.3 Å². The van der Waals surface area contributed by atoms with Crippen LogP contribution in [0, 0.1) is 0 Å². The van der Waals surface area contributed by atoms with Gasteiger partial charge in [-0.05, 0) is 23.0 Å². The topological polar surface area (TPSA) is 59.9 Å². The Morgan fingerprint density at radius 1 is 1.05 bits per heavy atom. The normalized spacial score (nSPS) is 11.8. The SMILES string of the molecule is O=S(=O)(Cc1csnn1)c1cccc2ccccc12. The minimum atomic E-state index is -3.41. The zero-order chi connectivity index (χ0) is 13.3. The average molecular weight is 290 g/mol. The number of rotatable bonds is 3. The van der Waals surface area contributed by atoms with Crippen molar-refractivity contribution in [3.05, 3.63) is 53.5 Å². The second-order valence-electron chi connectivity index (χ2n) is 4.13. The van der Waals surface area contributed by atoms with Crippen LogP contribution < -0.4 is 0 Å². The van der Waals surface area contributed by atoms with Crippen LogP contribution >= 0.6 is 11.5 Å². The summed E-state index contributed by atoms with van der Waals surface area (Å²) in [6, 6.07) is 12.7. The van der Waals surface area contributed by atoms with Gasteiger partial charge in [0.1, 0.15) is 0 Å². The van der Waals surface area contributed by atoms with Crippen LogP contribution in [0.2, 0.25) is 0 Å². The highest BCUT2D eigenvalue weighted by molar-refractivity contribution is 7.90. The van der Waals surface area contributed by atoms with Crippen LogP contribution in [-0.2, 0) is 15.6 Å².